The first-order valence-corrected chi connectivity index (χ1v) is 12.0. The first-order valence-electron chi connectivity index (χ1n) is 9.62. The fourth-order valence-electron chi connectivity index (χ4n) is 4.33. The number of carbonyl (C=O) groups is 1. The average Bonchev–Trinajstić information content (AvgIpc) is 3.38. The maximum atomic E-state index is 14.8. The van der Waals surface area contributed by atoms with Crippen LogP contribution in [0.15, 0.2) is 21.7 Å². The van der Waals surface area contributed by atoms with E-state index < -0.39 is 28.1 Å². The number of hydrogen-bond donors (Lipinski definition) is 3. The van der Waals surface area contributed by atoms with Crippen molar-refractivity contribution in [2.24, 2.45) is 0 Å². The summed E-state index contributed by atoms with van der Waals surface area (Å²) in [5.41, 5.74) is 1.76. The summed E-state index contributed by atoms with van der Waals surface area (Å²) in [6.45, 7) is 1.25. The maximum absolute atomic E-state index is 14.8. The summed E-state index contributed by atoms with van der Waals surface area (Å²) in [5.74, 6) is -0.641. The molecule has 0 spiro atoms. The van der Waals surface area contributed by atoms with Crippen molar-refractivity contribution in [1.82, 2.24) is 4.72 Å². The molecular weight excluding hydrogens is 415 g/mol. The highest BCUT2D eigenvalue weighted by atomic mass is 32.2. The van der Waals surface area contributed by atoms with Gasteiger partial charge < -0.3 is 10.4 Å². The Bertz CT molecular complexity index is 1030. The normalized spacial score (nSPS) is 17.6. The predicted octanol–water partition coefficient (Wildman–Crippen LogP) is 2.88. The van der Waals surface area contributed by atoms with Crippen molar-refractivity contribution >= 4 is 33.0 Å². The molecule has 6 nitrogen and oxygen atoms in total. The molecule has 1 aromatic heterocycles. The third kappa shape index (κ3) is 3.96. The van der Waals surface area contributed by atoms with Crippen LogP contribution in [-0.4, -0.2) is 25.2 Å². The van der Waals surface area contributed by atoms with Gasteiger partial charge in [0, 0.05) is 5.69 Å². The van der Waals surface area contributed by atoms with Gasteiger partial charge in [0.25, 0.3) is 10.0 Å². The highest BCUT2D eigenvalue weighted by Crippen LogP contribution is 2.41. The molecular formula is C20H23FN2O4S2. The largest absolute Gasteiger partial charge is 0.375 e. The van der Waals surface area contributed by atoms with E-state index in [0.29, 0.717) is 42.5 Å². The lowest BCUT2D eigenvalue weighted by Gasteiger charge is -2.24. The van der Waals surface area contributed by atoms with Gasteiger partial charge in [0.15, 0.2) is 0 Å². The first-order chi connectivity index (χ1) is 13.7. The molecule has 0 saturated heterocycles. The van der Waals surface area contributed by atoms with E-state index in [-0.39, 0.29) is 10.0 Å². The number of amides is 1. The molecule has 1 unspecified atom stereocenters. The highest BCUT2D eigenvalue weighted by Gasteiger charge is 2.33. The number of carbonyl (C=O) groups excluding carboxylic acids is 1. The van der Waals surface area contributed by atoms with Crippen LogP contribution in [0.25, 0.3) is 0 Å². The van der Waals surface area contributed by atoms with Gasteiger partial charge in [-0.3, -0.25) is 4.79 Å². The number of rotatable bonds is 6. The number of hydrogen-bond acceptors (Lipinski definition) is 5. The molecule has 2 aliphatic rings. The molecule has 2 aliphatic carbocycles. The van der Waals surface area contributed by atoms with Gasteiger partial charge in [-0.15, -0.1) is 11.3 Å². The molecule has 2 aromatic rings. The van der Waals surface area contributed by atoms with Crippen molar-refractivity contribution in [3.05, 3.63) is 45.6 Å². The Morgan fingerprint density at radius 3 is 2.31 bits per heavy atom. The van der Waals surface area contributed by atoms with E-state index in [9.17, 15) is 22.7 Å². The molecule has 9 heteroatoms. The van der Waals surface area contributed by atoms with Gasteiger partial charge in [-0.25, -0.2) is 12.8 Å². The van der Waals surface area contributed by atoms with E-state index in [0.717, 1.165) is 35.3 Å². The number of nitrogens with one attached hydrogen (secondary N) is 2. The molecule has 1 aromatic carbocycles. The van der Waals surface area contributed by atoms with E-state index in [4.69, 9.17) is 0 Å². The Balaban J connectivity index is 1.54. The van der Waals surface area contributed by atoms with Crippen molar-refractivity contribution in [1.29, 1.82) is 0 Å². The molecule has 29 heavy (non-hydrogen) atoms. The SMILES string of the molecule is CC(O)(CC(=O)Nc1c2c(c(F)c3c1CCC3)CCC2)NS(=O)(=O)c1cccs1. The summed E-state index contributed by atoms with van der Waals surface area (Å²) in [6, 6.07) is 3.02. The first kappa shape index (κ1) is 20.5. The third-order valence-electron chi connectivity index (χ3n) is 5.45. The minimum atomic E-state index is -3.93. The van der Waals surface area contributed by atoms with Gasteiger partial charge in [0.05, 0.1) is 6.42 Å². The molecule has 0 aliphatic heterocycles. The molecule has 0 bridgehead atoms. The molecule has 0 fully saturated rings. The summed E-state index contributed by atoms with van der Waals surface area (Å²) in [6.07, 6.45) is 3.96. The van der Waals surface area contributed by atoms with Gasteiger partial charge in [-0.1, -0.05) is 6.07 Å². The van der Waals surface area contributed by atoms with Crippen LogP contribution in [-0.2, 0) is 40.5 Å². The summed E-state index contributed by atoms with van der Waals surface area (Å²) < 4.78 is 41.7. The molecule has 156 valence electrons. The van der Waals surface area contributed by atoms with Gasteiger partial charge in [0.1, 0.15) is 15.8 Å². The smallest absolute Gasteiger partial charge is 0.252 e. The fraction of sp³-hybridized carbons (Fsp3) is 0.450. The number of fused-ring (bicyclic) bond motifs is 2. The Kier molecular flexibility index (Phi) is 5.27. The van der Waals surface area contributed by atoms with Gasteiger partial charge >= 0.3 is 0 Å². The lowest BCUT2D eigenvalue weighted by molar-refractivity contribution is -0.120. The Labute approximate surface area is 173 Å². The summed E-state index contributed by atoms with van der Waals surface area (Å²) in [5, 5.41) is 15.0. The Hall–Kier alpha value is -1.81. The topological polar surface area (TPSA) is 95.5 Å². The van der Waals surface area contributed by atoms with Crippen LogP contribution in [0.2, 0.25) is 0 Å². The number of benzene rings is 1. The van der Waals surface area contributed by atoms with Crippen LogP contribution in [0, 0.1) is 5.82 Å². The lowest BCUT2D eigenvalue weighted by atomic mass is 9.97. The second-order valence-electron chi connectivity index (χ2n) is 7.85. The van der Waals surface area contributed by atoms with E-state index in [1.54, 1.807) is 11.4 Å². The van der Waals surface area contributed by atoms with E-state index in [1.807, 2.05) is 0 Å². The van der Waals surface area contributed by atoms with Crippen molar-refractivity contribution in [2.45, 2.75) is 61.8 Å². The van der Waals surface area contributed by atoms with Crippen molar-refractivity contribution in [3.8, 4) is 0 Å². The standard InChI is InChI=1S/C20H23FN2O4S2/c1-20(25,23-29(26,27)17-9-4-10-28-17)11-16(24)22-19-14-7-2-5-12(14)18(21)13-6-3-8-15(13)19/h4,9-10,23,25H,2-3,5-8,11H2,1H3,(H,22,24). The zero-order valence-corrected chi connectivity index (χ0v) is 17.7. The second-order valence-corrected chi connectivity index (χ2v) is 10.7. The molecule has 4 rings (SSSR count). The fourth-order valence-corrected chi connectivity index (χ4v) is 6.58. The van der Waals surface area contributed by atoms with Crippen molar-refractivity contribution < 1.29 is 22.7 Å². The molecule has 0 saturated carbocycles. The number of anilines is 1. The number of halogens is 1. The molecule has 0 radical (unpaired) electrons. The van der Waals surface area contributed by atoms with Crippen LogP contribution < -0.4 is 10.0 Å². The Morgan fingerprint density at radius 1 is 1.17 bits per heavy atom. The van der Waals surface area contributed by atoms with Crippen LogP contribution in [0.5, 0.6) is 0 Å². The van der Waals surface area contributed by atoms with Crippen LogP contribution in [0.4, 0.5) is 10.1 Å². The van der Waals surface area contributed by atoms with E-state index in [1.165, 1.54) is 13.0 Å². The quantitative estimate of drug-likeness (QED) is 0.605. The van der Waals surface area contributed by atoms with Crippen molar-refractivity contribution in [3.63, 3.8) is 0 Å². The highest BCUT2D eigenvalue weighted by molar-refractivity contribution is 7.91. The molecule has 1 atom stereocenters. The third-order valence-corrected chi connectivity index (χ3v) is 8.44. The Morgan fingerprint density at radius 2 is 1.76 bits per heavy atom. The van der Waals surface area contributed by atoms with Crippen LogP contribution in [0.3, 0.4) is 0 Å². The summed E-state index contributed by atoms with van der Waals surface area (Å²) in [4.78, 5) is 12.7. The van der Waals surface area contributed by atoms with Crippen molar-refractivity contribution in [2.75, 3.05) is 5.32 Å². The maximum Gasteiger partial charge on any atom is 0.252 e. The summed E-state index contributed by atoms with van der Waals surface area (Å²) in [7, 11) is -3.93. The van der Waals surface area contributed by atoms with Gasteiger partial charge in [-0.05, 0) is 79.1 Å². The van der Waals surface area contributed by atoms with Gasteiger partial charge in [-0.2, -0.15) is 4.72 Å². The second kappa shape index (κ2) is 7.46. The molecule has 1 heterocycles. The zero-order chi connectivity index (χ0) is 20.8. The minimum Gasteiger partial charge on any atom is -0.375 e. The number of thiophene rings is 1. The van der Waals surface area contributed by atoms with Crippen LogP contribution in [0.1, 0.15) is 48.4 Å². The van der Waals surface area contributed by atoms with Gasteiger partial charge in [0.2, 0.25) is 5.91 Å². The molecule has 3 N–H and O–H groups in total. The van der Waals surface area contributed by atoms with Crippen LogP contribution >= 0.6 is 11.3 Å². The average molecular weight is 439 g/mol. The predicted molar refractivity (Wildman–Crippen MR) is 109 cm³/mol. The zero-order valence-electron chi connectivity index (χ0n) is 16.0. The summed E-state index contributed by atoms with van der Waals surface area (Å²) >= 11 is 1.02. The van der Waals surface area contributed by atoms with E-state index >= 15 is 0 Å². The monoisotopic (exact) mass is 438 g/mol. The number of aliphatic hydroxyl groups is 1. The van der Waals surface area contributed by atoms with E-state index in [2.05, 4.69) is 10.0 Å². The minimum absolute atomic E-state index is 0.0624. The lowest BCUT2D eigenvalue weighted by Crippen LogP contribution is -2.47. The molecule has 1 amide bonds. The number of sulfonamides is 1.